The van der Waals surface area contributed by atoms with Gasteiger partial charge >= 0.3 is 5.97 Å². The Morgan fingerprint density at radius 2 is 2.10 bits per heavy atom. The standard InChI is InChI=1S/C15H28O4S/c1-3-4-5-6-7-8-14(16)17-11-13-12-18-15(19-13)9-10-20-2/h13,15H,3-12H2,1-2H3. The summed E-state index contributed by atoms with van der Waals surface area (Å²) in [5, 5.41) is 0. The van der Waals surface area contributed by atoms with Crippen LogP contribution in [-0.4, -0.2) is 43.6 Å². The van der Waals surface area contributed by atoms with Gasteiger partial charge in [-0.2, -0.15) is 11.8 Å². The SMILES string of the molecule is CCCCCCCC(=O)OCC1COC(CCSC)O1. The number of rotatable bonds is 11. The number of hydrogen-bond acceptors (Lipinski definition) is 5. The zero-order chi connectivity index (χ0) is 14.6. The van der Waals surface area contributed by atoms with E-state index in [4.69, 9.17) is 14.2 Å². The van der Waals surface area contributed by atoms with E-state index in [1.54, 1.807) is 11.8 Å². The summed E-state index contributed by atoms with van der Waals surface area (Å²) in [6.45, 7) is 3.04. The smallest absolute Gasteiger partial charge is 0.305 e. The van der Waals surface area contributed by atoms with Crippen molar-refractivity contribution in [1.29, 1.82) is 0 Å². The van der Waals surface area contributed by atoms with Crippen molar-refractivity contribution in [2.24, 2.45) is 0 Å². The summed E-state index contributed by atoms with van der Waals surface area (Å²) in [6, 6.07) is 0. The maximum atomic E-state index is 11.6. The van der Waals surface area contributed by atoms with Crippen LogP contribution < -0.4 is 0 Å². The van der Waals surface area contributed by atoms with Crippen LogP contribution in [0.3, 0.4) is 0 Å². The van der Waals surface area contributed by atoms with Gasteiger partial charge in [0.05, 0.1) is 6.61 Å². The van der Waals surface area contributed by atoms with Crippen molar-refractivity contribution < 1.29 is 19.0 Å². The van der Waals surface area contributed by atoms with Crippen molar-refractivity contribution in [3.63, 3.8) is 0 Å². The molecule has 0 amide bonds. The van der Waals surface area contributed by atoms with Crippen molar-refractivity contribution in [1.82, 2.24) is 0 Å². The third kappa shape index (κ3) is 8.12. The average Bonchev–Trinajstić information content (AvgIpc) is 2.90. The van der Waals surface area contributed by atoms with Crippen LogP contribution in [-0.2, 0) is 19.0 Å². The van der Waals surface area contributed by atoms with E-state index in [-0.39, 0.29) is 18.4 Å². The highest BCUT2D eigenvalue weighted by Crippen LogP contribution is 2.16. The quantitative estimate of drug-likeness (QED) is 0.432. The largest absolute Gasteiger partial charge is 0.463 e. The Hall–Kier alpha value is -0.260. The van der Waals surface area contributed by atoms with Crippen LogP contribution in [0.15, 0.2) is 0 Å². The second-order valence-electron chi connectivity index (χ2n) is 5.15. The molecule has 1 aliphatic heterocycles. The minimum absolute atomic E-state index is 0.0918. The molecule has 118 valence electrons. The van der Waals surface area contributed by atoms with Gasteiger partial charge in [-0.25, -0.2) is 0 Å². The first-order chi connectivity index (χ1) is 9.76. The molecule has 1 fully saturated rings. The lowest BCUT2D eigenvalue weighted by molar-refractivity contribution is -0.148. The fourth-order valence-corrected chi connectivity index (χ4v) is 2.52. The molecule has 5 heteroatoms. The van der Waals surface area contributed by atoms with Crippen LogP contribution in [0.5, 0.6) is 0 Å². The van der Waals surface area contributed by atoms with Crippen LogP contribution in [0.1, 0.15) is 51.9 Å². The number of ether oxygens (including phenoxy) is 3. The normalized spacial score (nSPS) is 22.1. The van der Waals surface area contributed by atoms with Gasteiger partial charge in [-0.1, -0.05) is 32.6 Å². The Morgan fingerprint density at radius 3 is 2.85 bits per heavy atom. The van der Waals surface area contributed by atoms with E-state index in [1.165, 1.54) is 19.3 Å². The van der Waals surface area contributed by atoms with E-state index < -0.39 is 0 Å². The number of unbranched alkanes of at least 4 members (excludes halogenated alkanes) is 4. The fourth-order valence-electron chi connectivity index (χ4n) is 2.09. The number of carbonyl (C=O) groups is 1. The lowest BCUT2D eigenvalue weighted by Crippen LogP contribution is -2.21. The summed E-state index contributed by atoms with van der Waals surface area (Å²) in [6.07, 6.45) is 8.98. The molecule has 20 heavy (non-hydrogen) atoms. The summed E-state index contributed by atoms with van der Waals surface area (Å²) in [5.74, 6) is 0.909. The minimum Gasteiger partial charge on any atom is -0.463 e. The topological polar surface area (TPSA) is 44.8 Å². The molecule has 1 heterocycles. The third-order valence-corrected chi connectivity index (χ3v) is 3.93. The summed E-state index contributed by atoms with van der Waals surface area (Å²) >= 11 is 1.78. The Bertz CT molecular complexity index is 260. The molecule has 1 rings (SSSR count). The van der Waals surface area contributed by atoms with Crippen LogP contribution in [0, 0.1) is 0 Å². The highest BCUT2D eigenvalue weighted by molar-refractivity contribution is 7.98. The first-order valence-corrected chi connectivity index (χ1v) is 9.07. The molecule has 0 aromatic carbocycles. The van der Waals surface area contributed by atoms with Crippen molar-refractivity contribution in [2.75, 3.05) is 25.2 Å². The molecule has 0 bridgehead atoms. The summed E-state index contributed by atoms with van der Waals surface area (Å²) in [4.78, 5) is 11.6. The van der Waals surface area contributed by atoms with E-state index in [9.17, 15) is 4.79 Å². The van der Waals surface area contributed by atoms with Gasteiger partial charge in [0.15, 0.2) is 6.29 Å². The van der Waals surface area contributed by atoms with Gasteiger partial charge in [0.25, 0.3) is 0 Å². The Balaban J connectivity index is 1.98. The van der Waals surface area contributed by atoms with E-state index in [0.717, 1.165) is 25.0 Å². The minimum atomic E-state index is -0.125. The zero-order valence-electron chi connectivity index (χ0n) is 12.8. The lowest BCUT2D eigenvalue weighted by Gasteiger charge is -2.11. The Kier molecular flexibility index (Phi) is 10.1. The van der Waals surface area contributed by atoms with Gasteiger partial charge in [0.1, 0.15) is 12.7 Å². The molecule has 0 spiro atoms. The van der Waals surface area contributed by atoms with E-state index in [0.29, 0.717) is 19.6 Å². The van der Waals surface area contributed by atoms with Crippen molar-refractivity contribution >= 4 is 17.7 Å². The molecule has 4 nitrogen and oxygen atoms in total. The number of thioether (sulfide) groups is 1. The first-order valence-electron chi connectivity index (χ1n) is 7.68. The molecular formula is C15H28O4S. The van der Waals surface area contributed by atoms with Crippen LogP contribution in [0.4, 0.5) is 0 Å². The predicted octanol–water partition coefficient (Wildman–Crippen LogP) is 3.38. The Morgan fingerprint density at radius 1 is 1.30 bits per heavy atom. The molecular weight excluding hydrogens is 276 g/mol. The summed E-state index contributed by atoms with van der Waals surface area (Å²) < 4.78 is 16.4. The van der Waals surface area contributed by atoms with Crippen molar-refractivity contribution in [2.45, 2.75) is 64.3 Å². The fraction of sp³-hybridized carbons (Fsp3) is 0.933. The van der Waals surface area contributed by atoms with E-state index >= 15 is 0 Å². The van der Waals surface area contributed by atoms with Crippen molar-refractivity contribution in [3.05, 3.63) is 0 Å². The zero-order valence-corrected chi connectivity index (χ0v) is 13.6. The molecule has 0 radical (unpaired) electrons. The molecule has 0 aromatic heterocycles. The van der Waals surface area contributed by atoms with Crippen molar-refractivity contribution in [3.8, 4) is 0 Å². The lowest BCUT2D eigenvalue weighted by atomic mass is 10.1. The monoisotopic (exact) mass is 304 g/mol. The van der Waals surface area contributed by atoms with E-state index in [2.05, 4.69) is 13.2 Å². The molecule has 0 N–H and O–H groups in total. The van der Waals surface area contributed by atoms with Crippen LogP contribution in [0.2, 0.25) is 0 Å². The van der Waals surface area contributed by atoms with Gasteiger partial charge < -0.3 is 14.2 Å². The average molecular weight is 304 g/mol. The van der Waals surface area contributed by atoms with Gasteiger partial charge in [-0.05, 0) is 18.4 Å². The van der Waals surface area contributed by atoms with Crippen LogP contribution in [0.25, 0.3) is 0 Å². The molecule has 1 aliphatic rings. The highest BCUT2D eigenvalue weighted by Gasteiger charge is 2.26. The molecule has 1 saturated heterocycles. The Labute approximate surface area is 126 Å². The number of esters is 1. The third-order valence-electron chi connectivity index (χ3n) is 3.28. The van der Waals surface area contributed by atoms with Gasteiger partial charge in [0.2, 0.25) is 0 Å². The van der Waals surface area contributed by atoms with Gasteiger partial charge in [0, 0.05) is 12.8 Å². The second-order valence-corrected chi connectivity index (χ2v) is 6.14. The maximum Gasteiger partial charge on any atom is 0.305 e. The summed E-state index contributed by atoms with van der Waals surface area (Å²) in [5.41, 5.74) is 0. The van der Waals surface area contributed by atoms with Gasteiger partial charge in [-0.15, -0.1) is 0 Å². The number of hydrogen-bond donors (Lipinski definition) is 0. The second kappa shape index (κ2) is 11.4. The van der Waals surface area contributed by atoms with Gasteiger partial charge in [-0.3, -0.25) is 4.79 Å². The summed E-state index contributed by atoms with van der Waals surface area (Å²) in [7, 11) is 0. The molecule has 2 atom stereocenters. The highest BCUT2D eigenvalue weighted by atomic mass is 32.2. The molecule has 0 aromatic rings. The van der Waals surface area contributed by atoms with E-state index in [1.807, 2.05) is 0 Å². The number of carbonyl (C=O) groups excluding carboxylic acids is 1. The molecule has 0 saturated carbocycles. The maximum absolute atomic E-state index is 11.6. The molecule has 0 aliphatic carbocycles. The van der Waals surface area contributed by atoms with Crippen LogP contribution >= 0.6 is 11.8 Å². The predicted molar refractivity (Wildman–Crippen MR) is 81.9 cm³/mol. The molecule has 2 unspecified atom stereocenters. The first kappa shape index (κ1) is 17.8.